The number of phenols is 1. The highest BCUT2D eigenvalue weighted by atomic mass is 16.4. The van der Waals surface area contributed by atoms with E-state index >= 15 is 0 Å². The summed E-state index contributed by atoms with van der Waals surface area (Å²) in [6.07, 6.45) is -0.830. The quantitative estimate of drug-likeness (QED) is 0.446. The number of β-lactam (4-membered cyclic amide) rings is 1. The molecule has 0 spiro atoms. The van der Waals surface area contributed by atoms with Crippen molar-refractivity contribution in [1.29, 1.82) is 0 Å². The number of carbonyl (C=O) groups is 3. The maximum atomic E-state index is 12.4. The minimum absolute atomic E-state index is 0.00868. The lowest BCUT2D eigenvalue weighted by Gasteiger charge is -2.46. The molecule has 1 aromatic carbocycles. The van der Waals surface area contributed by atoms with E-state index in [1.807, 2.05) is 18.9 Å². The first-order chi connectivity index (χ1) is 14.1. The van der Waals surface area contributed by atoms with Crippen molar-refractivity contribution in [2.75, 3.05) is 26.7 Å². The minimum Gasteiger partial charge on any atom is -0.508 e. The van der Waals surface area contributed by atoms with Gasteiger partial charge in [0.15, 0.2) is 0 Å². The van der Waals surface area contributed by atoms with E-state index in [-0.39, 0.29) is 35.2 Å². The summed E-state index contributed by atoms with van der Waals surface area (Å²) in [4.78, 5) is 39.5. The third kappa shape index (κ3) is 3.90. The van der Waals surface area contributed by atoms with Gasteiger partial charge in [0.1, 0.15) is 11.4 Å². The van der Waals surface area contributed by atoms with E-state index in [1.165, 1.54) is 29.2 Å². The zero-order chi connectivity index (χ0) is 22.2. The van der Waals surface area contributed by atoms with E-state index < -0.39 is 18.0 Å². The molecule has 162 valence electrons. The molecule has 30 heavy (non-hydrogen) atoms. The number of likely N-dealkylation sites (N-methyl/N-ethyl adjacent to an activating group) is 1. The molecular formula is C21H27N3O6. The Morgan fingerprint density at radius 2 is 1.90 bits per heavy atom. The van der Waals surface area contributed by atoms with Crippen molar-refractivity contribution in [2.45, 2.75) is 26.0 Å². The molecule has 3 rings (SSSR count). The Kier molecular flexibility index (Phi) is 6.14. The number of rotatable bonds is 8. The normalized spacial score (nSPS) is 24.0. The molecule has 0 saturated carbocycles. The van der Waals surface area contributed by atoms with Gasteiger partial charge in [-0.25, -0.2) is 4.79 Å². The number of nitrogens with zero attached hydrogens (tertiary/aromatic N) is 2. The maximum Gasteiger partial charge on any atom is 0.352 e. The number of fused-ring (bicyclic) bond motifs is 1. The number of aliphatic carboxylic acids is 1. The molecule has 1 saturated heterocycles. The van der Waals surface area contributed by atoms with Crippen molar-refractivity contribution in [3.05, 3.63) is 41.1 Å². The molecule has 0 unspecified atom stereocenters. The highest BCUT2D eigenvalue weighted by Gasteiger charge is 2.59. The standard InChI is InChI=1S/C21H27N3O6/c1-11-15(18(21(29)30)24-17(11)16(12(2)25)20(24)28)10-23(3)9-8-22-19(27)13-4-6-14(26)7-5-13/h4-7,11-12,16-17,25-26H,8-10H2,1-3H3,(H,22,27)(H,29,30)/t11-,12+,16+,17+/m0/s1. The summed E-state index contributed by atoms with van der Waals surface area (Å²) in [6.45, 7) is 4.60. The number of nitrogens with one attached hydrogen (secondary N) is 1. The number of aliphatic hydroxyl groups is 1. The number of aliphatic hydroxyl groups excluding tert-OH is 1. The second-order valence-electron chi connectivity index (χ2n) is 7.97. The first-order valence-electron chi connectivity index (χ1n) is 9.86. The summed E-state index contributed by atoms with van der Waals surface area (Å²) in [5, 5.41) is 31.6. The van der Waals surface area contributed by atoms with E-state index in [0.717, 1.165) is 0 Å². The van der Waals surface area contributed by atoms with Crippen LogP contribution in [-0.2, 0) is 9.59 Å². The van der Waals surface area contributed by atoms with Crippen molar-refractivity contribution in [2.24, 2.45) is 11.8 Å². The lowest BCUT2D eigenvalue weighted by atomic mass is 9.77. The van der Waals surface area contributed by atoms with E-state index in [9.17, 15) is 29.7 Å². The SMILES string of the molecule is C[C@@H](O)[C@H]1C(=O)N2C(C(=O)O)=C(CN(C)CCNC(=O)c3ccc(O)cc3)[C@H](C)[C@H]12. The molecule has 1 fully saturated rings. The van der Waals surface area contributed by atoms with Gasteiger partial charge in [0.05, 0.1) is 18.1 Å². The number of benzene rings is 1. The smallest absolute Gasteiger partial charge is 0.352 e. The number of hydrogen-bond acceptors (Lipinski definition) is 6. The summed E-state index contributed by atoms with van der Waals surface area (Å²) >= 11 is 0. The highest BCUT2D eigenvalue weighted by molar-refractivity contribution is 6.00. The molecule has 1 aromatic rings. The predicted molar refractivity (Wildman–Crippen MR) is 108 cm³/mol. The minimum atomic E-state index is -1.15. The summed E-state index contributed by atoms with van der Waals surface area (Å²) in [6, 6.07) is 5.60. The van der Waals surface area contributed by atoms with Gasteiger partial charge in [-0.2, -0.15) is 0 Å². The Labute approximate surface area is 174 Å². The average Bonchev–Trinajstić information content (AvgIpc) is 2.91. The molecule has 4 atom stereocenters. The van der Waals surface area contributed by atoms with Crippen LogP contribution in [0.15, 0.2) is 35.5 Å². The first-order valence-corrected chi connectivity index (χ1v) is 9.86. The summed E-state index contributed by atoms with van der Waals surface area (Å²) in [7, 11) is 1.81. The van der Waals surface area contributed by atoms with Gasteiger partial charge in [-0.15, -0.1) is 0 Å². The van der Waals surface area contributed by atoms with Crippen LogP contribution in [0.2, 0.25) is 0 Å². The third-order valence-electron chi connectivity index (χ3n) is 5.87. The summed E-state index contributed by atoms with van der Waals surface area (Å²) in [5.41, 5.74) is 1.09. The summed E-state index contributed by atoms with van der Waals surface area (Å²) in [5.74, 6) is -2.44. The molecule has 0 radical (unpaired) electrons. The number of amides is 2. The van der Waals surface area contributed by atoms with Gasteiger partial charge < -0.3 is 30.4 Å². The zero-order valence-corrected chi connectivity index (χ0v) is 17.2. The monoisotopic (exact) mass is 417 g/mol. The molecule has 2 heterocycles. The largest absolute Gasteiger partial charge is 0.508 e. The average molecular weight is 417 g/mol. The lowest BCUT2D eigenvalue weighted by Crippen LogP contribution is -2.63. The van der Waals surface area contributed by atoms with E-state index in [4.69, 9.17) is 0 Å². The van der Waals surface area contributed by atoms with Crippen molar-refractivity contribution < 1.29 is 29.7 Å². The number of aromatic hydroxyl groups is 1. The summed E-state index contributed by atoms with van der Waals surface area (Å²) < 4.78 is 0. The van der Waals surface area contributed by atoms with Crippen LogP contribution in [0, 0.1) is 11.8 Å². The Hall–Kier alpha value is -2.91. The number of hydrogen-bond donors (Lipinski definition) is 4. The van der Waals surface area contributed by atoms with Crippen molar-refractivity contribution in [3.8, 4) is 5.75 Å². The van der Waals surface area contributed by atoms with Crippen LogP contribution in [-0.4, -0.2) is 81.7 Å². The van der Waals surface area contributed by atoms with Gasteiger partial charge in [0.2, 0.25) is 5.91 Å². The molecule has 4 N–H and O–H groups in total. The highest BCUT2D eigenvalue weighted by Crippen LogP contribution is 2.47. The van der Waals surface area contributed by atoms with Gasteiger partial charge in [0.25, 0.3) is 5.91 Å². The van der Waals surface area contributed by atoms with Gasteiger partial charge >= 0.3 is 5.97 Å². The first kappa shape index (κ1) is 21.8. The Morgan fingerprint density at radius 1 is 1.27 bits per heavy atom. The fourth-order valence-electron chi connectivity index (χ4n) is 4.30. The second kappa shape index (κ2) is 8.45. The van der Waals surface area contributed by atoms with Gasteiger partial charge in [0, 0.05) is 31.1 Å². The molecule has 0 bridgehead atoms. The van der Waals surface area contributed by atoms with Crippen LogP contribution in [0.4, 0.5) is 0 Å². The Bertz CT molecular complexity index is 879. The van der Waals surface area contributed by atoms with Crippen LogP contribution in [0.5, 0.6) is 5.75 Å². The number of carbonyl (C=O) groups excluding carboxylic acids is 2. The van der Waals surface area contributed by atoms with Gasteiger partial charge in [-0.05, 0) is 43.8 Å². The van der Waals surface area contributed by atoms with Gasteiger partial charge in [-0.1, -0.05) is 6.92 Å². The van der Waals surface area contributed by atoms with Crippen molar-refractivity contribution in [1.82, 2.24) is 15.1 Å². The maximum absolute atomic E-state index is 12.4. The molecule has 0 aliphatic carbocycles. The fourth-order valence-corrected chi connectivity index (χ4v) is 4.30. The number of phenolic OH excluding ortho intramolecular Hbond substituents is 1. The molecule has 9 nitrogen and oxygen atoms in total. The molecule has 2 amide bonds. The van der Waals surface area contributed by atoms with Crippen LogP contribution in [0.1, 0.15) is 24.2 Å². The Balaban J connectivity index is 1.60. The number of carboxylic acid groups (broad SMARTS) is 1. The molecule has 0 aromatic heterocycles. The van der Waals surface area contributed by atoms with Gasteiger partial charge in [-0.3, -0.25) is 9.59 Å². The number of carboxylic acids is 1. The van der Waals surface area contributed by atoms with Crippen LogP contribution in [0.3, 0.4) is 0 Å². The van der Waals surface area contributed by atoms with Crippen LogP contribution in [0.25, 0.3) is 0 Å². The molecule has 2 aliphatic rings. The van der Waals surface area contributed by atoms with E-state index in [1.54, 1.807) is 6.92 Å². The Morgan fingerprint density at radius 3 is 2.47 bits per heavy atom. The van der Waals surface area contributed by atoms with Crippen LogP contribution >= 0.6 is 0 Å². The topological polar surface area (TPSA) is 130 Å². The fraction of sp³-hybridized carbons (Fsp3) is 0.476. The second-order valence-corrected chi connectivity index (χ2v) is 7.97. The lowest BCUT2D eigenvalue weighted by molar-refractivity contribution is -0.163. The molecule has 2 aliphatic heterocycles. The van der Waals surface area contributed by atoms with E-state index in [2.05, 4.69) is 5.32 Å². The van der Waals surface area contributed by atoms with Crippen LogP contribution < -0.4 is 5.32 Å². The third-order valence-corrected chi connectivity index (χ3v) is 5.87. The predicted octanol–water partition coefficient (Wildman–Crippen LogP) is 0.250. The van der Waals surface area contributed by atoms with Crippen molar-refractivity contribution in [3.63, 3.8) is 0 Å². The van der Waals surface area contributed by atoms with E-state index in [0.29, 0.717) is 30.8 Å². The van der Waals surface area contributed by atoms with Crippen molar-refractivity contribution >= 4 is 17.8 Å². The molecular weight excluding hydrogens is 390 g/mol. The zero-order valence-electron chi connectivity index (χ0n) is 17.2. The molecule has 9 heteroatoms.